The molecule has 1 atom stereocenters. The van der Waals surface area contributed by atoms with Gasteiger partial charge >= 0.3 is 0 Å². The van der Waals surface area contributed by atoms with Crippen LogP contribution >= 0.6 is 0 Å². The summed E-state index contributed by atoms with van der Waals surface area (Å²) in [6.07, 6.45) is 6.60. The van der Waals surface area contributed by atoms with Crippen LogP contribution in [0.2, 0.25) is 0 Å². The van der Waals surface area contributed by atoms with Crippen LogP contribution in [-0.4, -0.2) is 30.3 Å². The molecule has 2 nitrogen and oxygen atoms in total. The second-order valence-corrected chi connectivity index (χ2v) is 4.56. The molecule has 1 rings (SSSR count). The SMILES string of the molecule is CCCC1CCCN(CC(C)=O)CC1. The average Bonchev–Trinajstić information content (AvgIpc) is 2.31. The standard InChI is InChI=1S/C12H23NO/c1-3-5-12-6-4-8-13(9-7-12)10-11(2)14/h12H,3-10H2,1-2H3. The van der Waals surface area contributed by atoms with Crippen molar-refractivity contribution in [1.82, 2.24) is 4.90 Å². The van der Waals surface area contributed by atoms with Gasteiger partial charge in [0.15, 0.2) is 0 Å². The first-order valence-corrected chi connectivity index (χ1v) is 5.94. The molecule has 0 bridgehead atoms. The van der Waals surface area contributed by atoms with Crippen LogP contribution in [0.3, 0.4) is 0 Å². The molecular formula is C12H23NO. The summed E-state index contributed by atoms with van der Waals surface area (Å²) >= 11 is 0. The summed E-state index contributed by atoms with van der Waals surface area (Å²) in [5.41, 5.74) is 0. The lowest BCUT2D eigenvalue weighted by molar-refractivity contribution is -0.118. The number of ketones is 1. The van der Waals surface area contributed by atoms with Crippen LogP contribution < -0.4 is 0 Å². The first-order valence-electron chi connectivity index (χ1n) is 5.94. The molecule has 0 aromatic heterocycles. The first-order chi connectivity index (χ1) is 6.72. The average molecular weight is 197 g/mol. The lowest BCUT2D eigenvalue weighted by atomic mass is 9.96. The molecule has 0 saturated carbocycles. The zero-order chi connectivity index (χ0) is 10.4. The summed E-state index contributed by atoms with van der Waals surface area (Å²) in [7, 11) is 0. The van der Waals surface area contributed by atoms with E-state index in [1.165, 1.54) is 32.1 Å². The van der Waals surface area contributed by atoms with E-state index in [-0.39, 0.29) is 0 Å². The fourth-order valence-electron chi connectivity index (χ4n) is 2.39. The zero-order valence-corrected chi connectivity index (χ0v) is 9.59. The summed E-state index contributed by atoms with van der Waals surface area (Å²) in [6.45, 7) is 6.87. The minimum atomic E-state index is 0.305. The van der Waals surface area contributed by atoms with Crippen molar-refractivity contribution in [3.8, 4) is 0 Å². The molecule has 1 fully saturated rings. The molecule has 1 heterocycles. The molecule has 0 aliphatic carbocycles. The molecule has 1 saturated heterocycles. The Hall–Kier alpha value is -0.370. The van der Waals surface area contributed by atoms with Crippen molar-refractivity contribution < 1.29 is 4.79 Å². The monoisotopic (exact) mass is 197 g/mol. The highest BCUT2D eigenvalue weighted by Crippen LogP contribution is 2.21. The third-order valence-corrected chi connectivity index (χ3v) is 3.08. The predicted molar refractivity (Wildman–Crippen MR) is 59.4 cm³/mol. The van der Waals surface area contributed by atoms with Crippen LogP contribution in [0.5, 0.6) is 0 Å². The molecule has 82 valence electrons. The van der Waals surface area contributed by atoms with Gasteiger partial charge in [0.2, 0.25) is 0 Å². The molecule has 1 aliphatic rings. The number of hydrogen-bond donors (Lipinski definition) is 0. The quantitative estimate of drug-likeness (QED) is 0.690. The minimum Gasteiger partial charge on any atom is -0.299 e. The Morgan fingerprint density at radius 1 is 1.36 bits per heavy atom. The topological polar surface area (TPSA) is 20.3 Å². The van der Waals surface area contributed by atoms with Crippen molar-refractivity contribution in [3.05, 3.63) is 0 Å². The van der Waals surface area contributed by atoms with E-state index < -0.39 is 0 Å². The van der Waals surface area contributed by atoms with Crippen LogP contribution in [0, 0.1) is 5.92 Å². The molecule has 1 aliphatic heterocycles. The van der Waals surface area contributed by atoms with Crippen LogP contribution in [0.25, 0.3) is 0 Å². The lowest BCUT2D eigenvalue weighted by Crippen LogP contribution is -2.29. The fraction of sp³-hybridized carbons (Fsp3) is 0.917. The van der Waals surface area contributed by atoms with Crippen molar-refractivity contribution in [2.24, 2.45) is 5.92 Å². The highest BCUT2D eigenvalue weighted by Gasteiger charge is 2.16. The van der Waals surface area contributed by atoms with E-state index >= 15 is 0 Å². The molecule has 0 spiro atoms. The minimum absolute atomic E-state index is 0.305. The summed E-state index contributed by atoms with van der Waals surface area (Å²) in [6, 6.07) is 0. The number of rotatable bonds is 4. The Labute approximate surface area is 87.7 Å². The maximum absolute atomic E-state index is 11.0. The maximum Gasteiger partial charge on any atom is 0.143 e. The van der Waals surface area contributed by atoms with Crippen LogP contribution in [0.15, 0.2) is 0 Å². The Morgan fingerprint density at radius 3 is 2.79 bits per heavy atom. The summed E-state index contributed by atoms with van der Waals surface area (Å²) < 4.78 is 0. The Kier molecular flexibility index (Phi) is 5.16. The predicted octanol–water partition coefficient (Wildman–Crippen LogP) is 2.48. The van der Waals surface area contributed by atoms with Crippen molar-refractivity contribution >= 4 is 5.78 Å². The van der Waals surface area contributed by atoms with Gasteiger partial charge in [0.05, 0.1) is 6.54 Å². The van der Waals surface area contributed by atoms with Crippen LogP contribution in [0.4, 0.5) is 0 Å². The van der Waals surface area contributed by atoms with Gasteiger partial charge in [-0.3, -0.25) is 9.69 Å². The van der Waals surface area contributed by atoms with E-state index in [0.29, 0.717) is 12.3 Å². The third kappa shape index (κ3) is 4.23. The molecule has 2 heteroatoms. The van der Waals surface area contributed by atoms with Crippen molar-refractivity contribution in [3.63, 3.8) is 0 Å². The number of carbonyl (C=O) groups excluding carboxylic acids is 1. The number of hydrogen-bond acceptors (Lipinski definition) is 2. The molecule has 0 aromatic carbocycles. The Bertz CT molecular complexity index is 179. The molecular weight excluding hydrogens is 174 g/mol. The Balaban J connectivity index is 2.29. The normalized spacial score (nSPS) is 24.6. The van der Waals surface area contributed by atoms with Gasteiger partial charge in [-0.1, -0.05) is 19.8 Å². The zero-order valence-electron chi connectivity index (χ0n) is 9.59. The van der Waals surface area contributed by atoms with Gasteiger partial charge in [-0.15, -0.1) is 0 Å². The van der Waals surface area contributed by atoms with E-state index in [2.05, 4.69) is 11.8 Å². The Morgan fingerprint density at radius 2 is 2.14 bits per heavy atom. The highest BCUT2D eigenvalue weighted by molar-refractivity contribution is 5.77. The fourth-order valence-corrected chi connectivity index (χ4v) is 2.39. The van der Waals surface area contributed by atoms with Gasteiger partial charge in [0.25, 0.3) is 0 Å². The lowest BCUT2D eigenvalue weighted by Gasteiger charge is -2.18. The highest BCUT2D eigenvalue weighted by atomic mass is 16.1. The number of likely N-dealkylation sites (tertiary alicyclic amines) is 1. The van der Waals surface area contributed by atoms with Gasteiger partial charge in [0, 0.05) is 0 Å². The van der Waals surface area contributed by atoms with Crippen molar-refractivity contribution in [1.29, 1.82) is 0 Å². The smallest absolute Gasteiger partial charge is 0.143 e. The van der Waals surface area contributed by atoms with Crippen LogP contribution in [0.1, 0.15) is 46.0 Å². The number of carbonyl (C=O) groups is 1. The second-order valence-electron chi connectivity index (χ2n) is 4.56. The molecule has 0 N–H and O–H groups in total. The van der Waals surface area contributed by atoms with Crippen LogP contribution in [-0.2, 0) is 4.79 Å². The first kappa shape index (κ1) is 11.7. The summed E-state index contributed by atoms with van der Waals surface area (Å²) in [5.74, 6) is 1.22. The van der Waals surface area contributed by atoms with Gasteiger partial charge in [-0.25, -0.2) is 0 Å². The molecule has 0 radical (unpaired) electrons. The molecule has 0 aromatic rings. The molecule has 0 amide bonds. The number of nitrogens with zero attached hydrogens (tertiary/aromatic N) is 1. The second kappa shape index (κ2) is 6.18. The van der Waals surface area contributed by atoms with E-state index in [1.807, 2.05) is 0 Å². The summed E-state index contributed by atoms with van der Waals surface area (Å²) in [4.78, 5) is 13.3. The van der Waals surface area contributed by atoms with Crippen molar-refractivity contribution in [2.45, 2.75) is 46.0 Å². The van der Waals surface area contributed by atoms with Gasteiger partial charge in [0.1, 0.15) is 5.78 Å². The molecule has 1 unspecified atom stereocenters. The van der Waals surface area contributed by atoms with E-state index in [0.717, 1.165) is 19.0 Å². The van der Waals surface area contributed by atoms with E-state index in [9.17, 15) is 4.79 Å². The van der Waals surface area contributed by atoms with E-state index in [1.54, 1.807) is 6.92 Å². The molecule has 14 heavy (non-hydrogen) atoms. The maximum atomic E-state index is 11.0. The summed E-state index contributed by atoms with van der Waals surface area (Å²) in [5, 5.41) is 0. The van der Waals surface area contributed by atoms with Gasteiger partial charge in [-0.05, 0) is 45.2 Å². The van der Waals surface area contributed by atoms with Gasteiger partial charge < -0.3 is 0 Å². The number of Topliss-reactive ketones (excluding diaryl/α,β-unsaturated/α-hetero) is 1. The van der Waals surface area contributed by atoms with Gasteiger partial charge in [-0.2, -0.15) is 0 Å². The van der Waals surface area contributed by atoms with Crippen molar-refractivity contribution in [2.75, 3.05) is 19.6 Å². The third-order valence-electron chi connectivity index (χ3n) is 3.08. The largest absolute Gasteiger partial charge is 0.299 e. The van der Waals surface area contributed by atoms with E-state index in [4.69, 9.17) is 0 Å².